The van der Waals surface area contributed by atoms with E-state index in [1.165, 1.54) is 22.8 Å². The average Bonchev–Trinajstić information content (AvgIpc) is 2.59. The Morgan fingerprint density at radius 1 is 1.32 bits per heavy atom. The minimum atomic E-state index is -0.393. The van der Waals surface area contributed by atoms with Crippen molar-refractivity contribution in [3.63, 3.8) is 0 Å². The topological polar surface area (TPSA) is 73.6 Å². The van der Waals surface area contributed by atoms with Crippen LogP contribution in [0.3, 0.4) is 0 Å². The molecular formula is C17H14ClN3O3S. The van der Waals surface area contributed by atoms with E-state index in [0.29, 0.717) is 25.7 Å². The van der Waals surface area contributed by atoms with Gasteiger partial charge in [-0.25, -0.2) is 9.98 Å². The predicted molar refractivity (Wildman–Crippen MR) is 97.2 cm³/mol. The minimum Gasteiger partial charge on any atom is -0.464 e. The summed E-state index contributed by atoms with van der Waals surface area (Å²) in [5.74, 6) is -0.393. The largest absolute Gasteiger partial charge is 0.464 e. The maximum absolute atomic E-state index is 12.8. The molecule has 0 aliphatic heterocycles. The number of nitrogens with zero attached hydrogens (tertiary/aromatic N) is 3. The number of carbonyl (C=O) groups excluding carboxylic acids is 1. The van der Waals surface area contributed by atoms with E-state index in [-0.39, 0.29) is 18.7 Å². The van der Waals surface area contributed by atoms with Gasteiger partial charge in [-0.3, -0.25) is 14.2 Å². The van der Waals surface area contributed by atoms with E-state index < -0.39 is 5.97 Å². The van der Waals surface area contributed by atoms with Crippen LogP contribution in [0.15, 0.2) is 52.4 Å². The first-order chi connectivity index (χ1) is 12.0. The molecule has 25 heavy (non-hydrogen) atoms. The van der Waals surface area contributed by atoms with Gasteiger partial charge in [0.25, 0.3) is 5.56 Å². The molecule has 0 radical (unpaired) electrons. The predicted octanol–water partition coefficient (Wildman–Crippen LogP) is 2.91. The van der Waals surface area contributed by atoms with Crippen molar-refractivity contribution in [1.82, 2.24) is 9.55 Å². The number of esters is 1. The number of rotatable bonds is 4. The van der Waals surface area contributed by atoms with Crippen LogP contribution in [-0.4, -0.2) is 22.1 Å². The molecule has 2 heterocycles. The lowest BCUT2D eigenvalue weighted by molar-refractivity contribution is -0.141. The van der Waals surface area contributed by atoms with Gasteiger partial charge in [-0.2, -0.15) is 0 Å². The summed E-state index contributed by atoms with van der Waals surface area (Å²) in [6.45, 7) is 1.64. The maximum atomic E-state index is 12.8. The van der Waals surface area contributed by atoms with E-state index in [0.717, 1.165) is 0 Å². The van der Waals surface area contributed by atoms with Crippen LogP contribution in [0.1, 0.15) is 6.92 Å². The molecule has 0 saturated heterocycles. The number of hydrogen-bond acceptors (Lipinski definition) is 6. The highest BCUT2D eigenvalue weighted by Crippen LogP contribution is 2.16. The molecule has 6 nitrogen and oxygen atoms in total. The highest BCUT2D eigenvalue weighted by Gasteiger charge is 2.08. The van der Waals surface area contributed by atoms with Crippen molar-refractivity contribution >= 4 is 44.8 Å². The maximum Gasteiger partial charge on any atom is 0.302 e. The molecule has 1 aromatic carbocycles. The Bertz CT molecular complexity index is 1040. The number of ether oxygens (including phenoxy) is 1. The summed E-state index contributed by atoms with van der Waals surface area (Å²) in [7, 11) is 0. The van der Waals surface area contributed by atoms with Gasteiger partial charge in [0.05, 0.1) is 17.6 Å². The van der Waals surface area contributed by atoms with Crippen molar-refractivity contribution in [3.05, 3.63) is 62.8 Å². The van der Waals surface area contributed by atoms with Crippen molar-refractivity contribution in [2.45, 2.75) is 13.5 Å². The Balaban J connectivity index is 2.15. The first kappa shape index (κ1) is 17.3. The Morgan fingerprint density at radius 3 is 2.80 bits per heavy atom. The number of carbonyl (C=O) groups is 1. The number of halogens is 1. The monoisotopic (exact) mass is 375 g/mol. The first-order valence-corrected chi connectivity index (χ1v) is 8.66. The number of aromatic nitrogens is 2. The van der Waals surface area contributed by atoms with Gasteiger partial charge >= 0.3 is 5.97 Å². The van der Waals surface area contributed by atoms with Crippen LogP contribution in [0.25, 0.3) is 10.2 Å². The van der Waals surface area contributed by atoms with Crippen molar-refractivity contribution in [3.8, 4) is 0 Å². The summed E-state index contributed by atoms with van der Waals surface area (Å²) >= 11 is 7.19. The molecule has 3 aromatic rings. The van der Waals surface area contributed by atoms with Crippen LogP contribution < -0.4 is 10.4 Å². The van der Waals surface area contributed by atoms with Crippen molar-refractivity contribution in [1.29, 1.82) is 0 Å². The van der Waals surface area contributed by atoms with Gasteiger partial charge in [-0.1, -0.05) is 22.9 Å². The molecule has 0 unspecified atom stereocenters. The Morgan fingerprint density at radius 2 is 2.08 bits per heavy atom. The molecule has 0 spiro atoms. The summed E-state index contributed by atoms with van der Waals surface area (Å²) < 4.78 is 6.46. The van der Waals surface area contributed by atoms with Crippen LogP contribution in [0.5, 0.6) is 0 Å². The number of pyridine rings is 1. The first-order valence-electron chi connectivity index (χ1n) is 7.47. The van der Waals surface area contributed by atoms with Crippen LogP contribution >= 0.6 is 22.9 Å². The third-order valence-corrected chi connectivity index (χ3v) is 4.60. The molecule has 2 aromatic heterocycles. The van der Waals surface area contributed by atoms with E-state index in [2.05, 4.69) is 9.98 Å². The second-order valence-electron chi connectivity index (χ2n) is 5.13. The van der Waals surface area contributed by atoms with Crippen molar-refractivity contribution in [2.24, 2.45) is 4.99 Å². The molecule has 3 rings (SSSR count). The molecule has 0 aliphatic carbocycles. The van der Waals surface area contributed by atoms with Crippen molar-refractivity contribution < 1.29 is 9.53 Å². The molecule has 0 N–H and O–H groups in total. The van der Waals surface area contributed by atoms with Gasteiger partial charge in [0, 0.05) is 18.1 Å². The zero-order chi connectivity index (χ0) is 17.8. The van der Waals surface area contributed by atoms with Gasteiger partial charge < -0.3 is 4.74 Å². The summed E-state index contributed by atoms with van der Waals surface area (Å²) in [6, 6.07) is 10.4. The van der Waals surface area contributed by atoms with E-state index >= 15 is 0 Å². The van der Waals surface area contributed by atoms with Crippen LogP contribution in [0.4, 0.5) is 5.69 Å². The van der Waals surface area contributed by atoms with Crippen LogP contribution in [-0.2, 0) is 16.1 Å². The van der Waals surface area contributed by atoms with Crippen molar-refractivity contribution in [2.75, 3.05) is 6.61 Å². The number of benzene rings is 1. The van der Waals surface area contributed by atoms with Gasteiger partial charge in [-0.15, -0.1) is 0 Å². The lowest BCUT2D eigenvalue weighted by atomic mass is 10.3. The standard InChI is InChI=1S/C17H14ClN3O3S/c1-11(22)24-10-9-21-16(23)14-3-2-8-19-15(14)25-17(21)20-13-6-4-12(18)5-7-13/h2-8H,9-10H2,1H3. The van der Waals surface area contributed by atoms with Crippen LogP contribution in [0.2, 0.25) is 5.02 Å². The summed E-state index contributed by atoms with van der Waals surface area (Å²) in [5, 5.41) is 1.11. The van der Waals surface area contributed by atoms with Crippen LogP contribution in [0, 0.1) is 0 Å². The van der Waals surface area contributed by atoms with Gasteiger partial charge in [0.1, 0.15) is 11.4 Å². The zero-order valence-electron chi connectivity index (χ0n) is 13.3. The highest BCUT2D eigenvalue weighted by molar-refractivity contribution is 7.15. The Hall–Kier alpha value is -2.51. The lowest BCUT2D eigenvalue weighted by Gasteiger charge is -2.08. The molecule has 0 amide bonds. The fraction of sp³-hybridized carbons (Fsp3) is 0.176. The molecule has 0 fully saturated rings. The van der Waals surface area contributed by atoms with E-state index in [1.807, 2.05) is 0 Å². The fourth-order valence-corrected chi connectivity index (χ4v) is 3.31. The summed E-state index contributed by atoms with van der Waals surface area (Å²) in [6.07, 6.45) is 1.63. The van der Waals surface area contributed by atoms with E-state index in [9.17, 15) is 9.59 Å². The third kappa shape index (κ3) is 4.12. The molecule has 0 atom stereocenters. The van der Waals surface area contributed by atoms with Gasteiger partial charge in [-0.05, 0) is 36.4 Å². The third-order valence-electron chi connectivity index (χ3n) is 3.34. The highest BCUT2D eigenvalue weighted by atomic mass is 35.5. The minimum absolute atomic E-state index is 0.0941. The Kier molecular flexibility index (Phi) is 5.25. The second kappa shape index (κ2) is 7.58. The summed E-state index contributed by atoms with van der Waals surface area (Å²) in [4.78, 5) is 33.6. The normalized spacial score (nSPS) is 11.7. The van der Waals surface area contributed by atoms with Gasteiger partial charge in [0.15, 0.2) is 4.80 Å². The number of fused-ring (bicyclic) bond motifs is 1. The molecule has 0 saturated carbocycles. The summed E-state index contributed by atoms with van der Waals surface area (Å²) in [5.41, 5.74) is 0.443. The quantitative estimate of drug-likeness (QED) is 0.657. The number of hydrogen-bond donors (Lipinski definition) is 0. The van der Waals surface area contributed by atoms with E-state index in [1.54, 1.807) is 42.6 Å². The molecule has 0 aliphatic rings. The Labute approximate surface area is 152 Å². The molecular weight excluding hydrogens is 362 g/mol. The SMILES string of the molecule is CC(=O)OCCn1c(=Nc2ccc(Cl)cc2)sc2ncccc2c1=O. The molecule has 0 bridgehead atoms. The second-order valence-corrected chi connectivity index (χ2v) is 6.52. The smallest absolute Gasteiger partial charge is 0.302 e. The van der Waals surface area contributed by atoms with Gasteiger partial charge in [0.2, 0.25) is 0 Å². The molecule has 128 valence electrons. The molecule has 8 heteroatoms. The zero-order valence-corrected chi connectivity index (χ0v) is 14.9. The lowest BCUT2D eigenvalue weighted by Crippen LogP contribution is -2.33. The fourth-order valence-electron chi connectivity index (χ4n) is 2.20. The average molecular weight is 376 g/mol. The van der Waals surface area contributed by atoms with E-state index in [4.69, 9.17) is 16.3 Å².